The van der Waals surface area contributed by atoms with Crippen LogP contribution in [-0.4, -0.2) is 30.1 Å². The largest absolute Gasteiger partial charge is 0.416 e. The van der Waals surface area contributed by atoms with Crippen LogP contribution < -0.4 is 10.2 Å². The maximum absolute atomic E-state index is 13.1. The van der Waals surface area contributed by atoms with Crippen molar-refractivity contribution in [2.24, 2.45) is 0 Å². The van der Waals surface area contributed by atoms with Crippen LogP contribution in [0.3, 0.4) is 0 Å². The van der Waals surface area contributed by atoms with Crippen LogP contribution in [0.4, 0.5) is 18.9 Å². The summed E-state index contributed by atoms with van der Waals surface area (Å²) in [6, 6.07) is 12.1. The van der Waals surface area contributed by atoms with Gasteiger partial charge in [-0.05, 0) is 56.7 Å². The lowest BCUT2D eigenvalue weighted by molar-refractivity contribution is -0.139. The average molecular weight is 394 g/mol. The smallest absolute Gasteiger partial charge is 0.387 e. The van der Waals surface area contributed by atoms with E-state index < -0.39 is 23.8 Å². The molecule has 0 bridgehead atoms. The molecule has 1 amide bonds. The summed E-state index contributed by atoms with van der Waals surface area (Å²) >= 11 is 0. The molecule has 0 aliphatic rings. The zero-order chi connectivity index (χ0) is 20.9. The Bertz CT molecular complexity index is 789. The molecular weight excluding hydrogens is 369 g/mol. The quantitative estimate of drug-likeness (QED) is 0.732. The number of rotatable bonds is 7. The van der Waals surface area contributed by atoms with Crippen LogP contribution in [0.5, 0.6) is 0 Å². The van der Waals surface area contributed by atoms with E-state index in [0.717, 1.165) is 18.3 Å². The van der Waals surface area contributed by atoms with Gasteiger partial charge in [0.25, 0.3) is 5.91 Å². The number of nitrogens with zero attached hydrogens (tertiary/aromatic N) is 1. The Balaban J connectivity index is 2.05. The summed E-state index contributed by atoms with van der Waals surface area (Å²) in [7, 11) is 0. The van der Waals surface area contributed by atoms with Gasteiger partial charge in [-0.1, -0.05) is 18.2 Å². The molecule has 1 atom stereocenters. The Morgan fingerprint density at radius 3 is 2.25 bits per heavy atom. The fourth-order valence-electron chi connectivity index (χ4n) is 3.10. The van der Waals surface area contributed by atoms with Crippen molar-refractivity contribution in [2.75, 3.05) is 18.0 Å². The molecule has 4 nitrogen and oxygen atoms in total. The average Bonchev–Trinajstić information content (AvgIpc) is 2.66. The van der Waals surface area contributed by atoms with Crippen LogP contribution in [0, 0.1) is 0 Å². The second-order valence-electron chi connectivity index (χ2n) is 6.74. The summed E-state index contributed by atoms with van der Waals surface area (Å²) in [4.78, 5) is 14.5. The second kappa shape index (κ2) is 9.10. The van der Waals surface area contributed by atoms with Crippen molar-refractivity contribution in [1.29, 1.82) is 0 Å². The highest BCUT2D eigenvalue weighted by atomic mass is 19.4. The van der Waals surface area contributed by atoms with Gasteiger partial charge in [-0.3, -0.25) is 4.79 Å². The van der Waals surface area contributed by atoms with Gasteiger partial charge in [0.1, 0.15) is 0 Å². The molecule has 0 heterocycles. The van der Waals surface area contributed by atoms with Gasteiger partial charge in [0, 0.05) is 30.4 Å². The number of alkyl halides is 3. The molecule has 0 spiro atoms. The van der Waals surface area contributed by atoms with E-state index in [2.05, 4.69) is 24.1 Å². The van der Waals surface area contributed by atoms with Crippen molar-refractivity contribution in [3.05, 3.63) is 65.2 Å². The van der Waals surface area contributed by atoms with Gasteiger partial charge >= 0.3 is 6.18 Å². The molecule has 0 saturated heterocycles. The number of nitrogens with one attached hydrogen (secondary N) is 1. The lowest BCUT2D eigenvalue weighted by Gasteiger charge is -2.27. The summed E-state index contributed by atoms with van der Waals surface area (Å²) in [6.07, 6.45) is -6.03. The first-order chi connectivity index (χ1) is 13.1. The van der Waals surface area contributed by atoms with Crippen LogP contribution in [0.25, 0.3) is 0 Å². The number of carbonyl (C=O) groups excluding carboxylic acids is 1. The van der Waals surface area contributed by atoms with Gasteiger partial charge in [-0.2, -0.15) is 13.2 Å². The predicted molar refractivity (Wildman–Crippen MR) is 103 cm³/mol. The number of aliphatic hydroxyl groups is 1. The summed E-state index contributed by atoms with van der Waals surface area (Å²) in [6.45, 7) is 6.70. The minimum atomic E-state index is -4.57. The van der Waals surface area contributed by atoms with Crippen molar-refractivity contribution in [3.8, 4) is 0 Å². The Hall–Kier alpha value is -2.54. The van der Waals surface area contributed by atoms with E-state index in [1.54, 1.807) is 12.1 Å². The highest BCUT2D eigenvalue weighted by Crippen LogP contribution is 2.34. The summed E-state index contributed by atoms with van der Waals surface area (Å²) < 4.78 is 39.2. The monoisotopic (exact) mass is 394 g/mol. The number of halogens is 3. The van der Waals surface area contributed by atoms with E-state index in [1.807, 2.05) is 19.1 Å². The normalized spacial score (nSPS) is 12.7. The number of benzene rings is 2. The fourth-order valence-corrected chi connectivity index (χ4v) is 3.10. The van der Waals surface area contributed by atoms with Crippen LogP contribution in [0.2, 0.25) is 0 Å². The van der Waals surface area contributed by atoms with Crippen molar-refractivity contribution >= 4 is 11.6 Å². The molecule has 2 aromatic rings. The van der Waals surface area contributed by atoms with Crippen molar-refractivity contribution < 1.29 is 23.1 Å². The molecule has 28 heavy (non-hydrogen) atoms. The standard InChI is InChI=1S/C21H25F3N2O2/c1-4-26(14(2)3)16-11-9-15(10-12-16)20(28)25-13-19(27)17-7-5-6-8-18(17)21(22,23)24/h5-12,14,19,27H,4,13H2,1-3H3,(H,25,28). The van der Waals surface area contributed by atoms with E-state index in [0.29, 0.717) is 11.6 Å². The van der Waals surface area contributed by atoms with E-state index in [-0.39, 0.29) is 12.1 Å². The molecule has 2 aromatic carbocycles. The zero-order valence-corrected chi connectivity index (χ0v) is 16.1. The number of amides is 1. The molecule has 0 aromatic heterocycles. The van der Waals surface area contributed by atoms with Gasteiger partial charge in [-0.25, -0.2) is 0 Å². The minimum Gasteiger partial charge on any atom is -0.387 e. The van der Waals surface area contributed by atoms with Gasteiger partial charge in [0.05, 0.1) is 11.7 Å². The zero-order valence-electron chi connectivity index (χ0n) is 16.1. The minimum absolute atomic E-state index is 0.263. The molecule has 2 N–H and O–H groups in total. The molecule has 0 aliphatic carbocycles. The first-order valence-corrected chi connectivity index (χ1v) is 9.14. The lowest BCUT2D eigenvalue weighted by atomic mass is 10.0. The first kappa shape index (κ1) is 21.8. The summed E-state index contributed by atoms with van der Waals surface area (Å²) in [5.41, 5.74) is 0.184. The van der Waals surface area contributed by atoms with Gasteiger partial charge in [0.2, 0.25) is 0 Å². The topological polar surface area (TPSA) is 52.6 Å². The molecule has 0 fully saturated rings. The molecule has 0 aliphatic heterocycles. The highest BCUT2D eigenvalue weighted by molar-refractivity contribution is 5.94. The Labute approximate surface area is 163 Å². The molecular formula is C21H25F3N2O2. The Morgan fingerprint density at radius 2 is 1.71 bits per heavy atom. The fraction of sp³-hybridized carbons (Fsp3) is 0.381. The van der Waals surface area contributed by atoms with Crippen LogP contribution in [0.15, 0.2) is 48.5 Å². The van der Waals surface area contributed by atoms with Crippen molar-refractivity contribution in [3.63, 3.8) is 0 Å². The first-order valence-electron chi connectivity index (χ1n) is 9.14. The number of aliphatic hydroxyl groups excluding tert-OH is 1. The maximum atomic E-state index is 13.1. The maximum Gasteiger partial charge on any atom is 0.416 e. The third-order valence-corrected chi connectivity index (χ3v) is 4.51. The highest BCUT2D eigenvalue weighted by Gasteiger charge is 2.34. The van der Waals surface area contributed by atoms with Crippen LogP contribution >= 0.6 is 0 Å². The molecule has 0 saturated carbocycles. The molecule has 152 valence electrons. The number of hydrogen-bond acceptors (Lipinski definition) is 3. The van der Waals surface area contributed by atoms with E-state index in [1.165, 1.54) is 18.2 Å². The number of hydrogen-bond donors (Lipinski definition) is 2. The lowest BCUT2D eigenvalue weighted by Crippen LogP contribution is -2.31. The molecule has 0 radical (unpaired) electrons. The predicted octanol–water partition coefficient (Wildman–Crippen LogP) is 4.40. The second-order valence-corrected chi connectivity index (χ2v) is 6.74. The van der Waals surface area contributed by atoms with Crippen LogP contribution in [0.1, 0.15) is 48.4 Å². The van der Waals surface area contributed by atoms with E-state index in [9.17, 15) is 23.1 Å². The third kappa shape index (κ3) is 5.25. The number of anilines is 1. The molecule has 7 heteroatoms. The third-order valence-electron chi connectivity index (χ3n) is 4.51. The van der Waals surface area contributed by atoms with Crippen molar-refractivity contribution in [2.45, 2.75) is 39.1 Å². The Kier molecular flexibility index (Phi) is 7.07. The summed E-state index contributed by atoms with van der Waals surface area (Å²) in [5.74, 6) is -0.456. The van der Waals surface area contributed by atoms with Gasteiger partial charge in [-0.15, -0.1) is 0 Å². The molecule has 1 unspecified atom stereocenters. The van der Waals surface area contributed by atoms with Gasteiger partial charge in [0.15, 0.2) is 0 Å². The van der Waals surface area contributed by atoms with Crippen LogP contribution in [-0.2, 0) is 6.18 Å². The summed E-state index contributed by atoms with van der Waals surface area (Å²) in [5, 5.41) is 12.6. The van der Waals surface area contributed by atoms with Gasteiger partial charge < -0.3 is 15.3 Å². The SMILES string of the molecule is CCN(c1ccc(C(=O)NCC(O)c2ccccc2C(F)(F)F)cc1)C(C)C. The van der Waals surface area contributed by atoms with E-state index in [4.69, 9.17) is 0 Å². The van der Waals surface area contributed by atoms with E-state index >= 15 is 0 Å². The molecule has 2 rings (SSSR count). The number of carbonyl (C=O) groups is 1. The Morgan fingerprint density at radius 1 is 1.11 bits per heavy atom. The van der Waals surface area contributed by atoms with Crippen molar-refractivity contribution in [1.82, 2.24) is 5.32 Å².